The predicted molar refractivity (Wildman–Crippen MR) is 96.2 cm³/mol. The summed E-state index contributed by atoms with van der Waals surface area (Å²) < 4.78 is 5.12. The highest BCUT2D eigenvalue weighted by Gasteiger charge is 2.21. The summed E-state index contributed by atoms with van der Waals surface area (Å²) in [7, 11) is 1.62. The number of ether oxygens (including phenoxy) is 1. The molecule has 0 fully saturated rings. The van der Waals surface area contributed by atoms with Gasteiger partial charge in [0.1, 0.15) is 5.75 Å². The molecule has 0 saturated heterocycles. The first-order chi connectivity index (χ1) is 12.1. The summed E-state index contributed by atoms with van der Waals surface area (Å²) in [5.74, 6) is 0.270. The third-order valence-electron chi connectivity index (χ3n) is 4.24. The molecule has 0 spiro atoms. The Morgan fingerprint density at radius 2 is 1.92 bits per heavy atom. The number of fused-ring (bicyclic) bond motifs is 1. The molecular weight excluding hydrogens is 338 g/mol. The molecule has 0 aromatic heterocycles. The molecule has 0 bridgehead atoms. The monoisotopic (exact) mass is 357 g/mol. The molecule has 5 nitrogen and oxygen atoms in total. The number of amides is 1. The van der Waals surface area contributed by atoms with E-state index < -0.39 is 5.97 Å². The molecule has 0 unspecified atom stereocenters. The maximum absolute atomic E-state index is 12.5. The topological polar surface area (TPSA) is 66.8 Å². The number of benzene rings is 2. The number of aromatic carboxylic acids is 1. The summed E-state index contributed by atoms with van der Waals surface area (Å²) in [6.07, 6.45) is 0.758. The summed E-state index contributed by atoms with van der Waals surface area (Å²) in [6.45, 7) is 1.14. The summed E-state index contributed by atoms with van der Waals surface area (Å²) in [5.41, 5.74) is 2.31. The lowest BCUT2D eigenvalue weighted by atomic mass is 9.97. The van der Waals surface area contributed by atoms with Crippen LogP contribution in [0.4, 0.5) is 0 Å². The third-order valence-corrected chi connectivity index (χ3v) is 5.24. The second-order valence-corrected chi connectivity index (χ2v) is 6.87. The smallest absolute Gasteiger partial charge is 0.335 e. The summed E-state index contributed by atoms with van der Waals surface area (Å²) in [4.78, 5) is 26.4. The van der Waals surface area contributed by atoms with Gasteiger partial charge in [0.05, 0.1) is 18.4 Å². The van der Waals surface area contributed by atoms with Crippen molar-refractivity contribution in [2.45, 2.75) is 17.9 Å². The van der Waals surface area contributed by atoms with Crippen LogP contribution >= 0.6 is 11.8 Å². The van der Waals surface area contributed by atoms with Crippen molar-refractivity contribution >= 4 is 23.6 Å². The van der Waals surface area contributed by atoms with E-state index in [9.17, 15) is 9.59 Å². The Labute approximate surface area is 150 Å². The van der Waals surface area contributed by atoms with Gasteiger partial charge in [-0.2, -0.15) is 0 Å². The standard InChI is InChI=1S/C19H19NO4S/c1-24-16-4-6-17(7-5-16)25-12-18(21)20-9-8-13-2-3-14(19(22)23)10-15(13)11-20/h2-7,10H,8-9,11-12H2,1H3,(H,22,23). The van der Waals surface area contributed by atoms with E-state index in [2.05, 4.69) is 0 Å². The van der Waals surface area contributed by atoms with Gasteiger partial charge in [0.15, 0.2) is 0 Å². The molecule has 1 amide bonds. The Balaban J connectivity index is 1.61. The van der Waals surface area contributed by atoms with Gasteiger partial charge in [-0.25, -0.2) is 4.79 Å². The summed E-state index contributed by atoms with van der Waals surface area (Å²) in [5, 5.41) is 9.12. The molecule has 1 heterocycles. The molecule has 1 N–H and O–H groups in total. The van der Waals surface area contributed by atoms with Gasteiger partial charge in [-0.1, -0.05) is 6.07 Å². The van der Waals surface area contributed by atoms with Crippen LogP contribution in [0.5, 0.6) is 5.75 Å². The third kappa shape index (κ3) is 4.14. The van der Waals surface area contributed by atoms with Crippen molar-refractivity contribution in [3.05, 3.63) is 59.2 Å². The fraction of sp³-hybridized carbons (Fsp3) is 0.263. The predicted octanol–water partition coefficient (Wildman–Crippen LogP) is 3.07. The van der Waals surface area contributed by atoms with E-state index in [1.54, 1.807) is 24.1 Å². The van der Waals surface area contributed by atoms with Gasteiger partial charge < -0.3 is 14.7 Å². The molecule has 0 aliphatic carbocycles. The number of carboxylic acid groups (broad SMARTS) is 1. The SMILES string of the molecule is COc1ccc(SCC(=O)N2CCc3ccc(C(=O)O)cc3C2)cc1. The van der Waals surface area contributed by atoms with E-state index in [0.29, 0.717) is 18.8 Å². The molecule has 0 saturated carbocycles. The summed E-state index contributed by atoms with van der Waals surface area (Å²) >= 11 is 1.49. The van der Waals surface area contributed by atoms with Crippen molar-refractivity contribution in [1.82, 2.24) is 4.90 Å². The average molecular weight is 357 g/mol. The lowest BCUT2D eigenvalue weighted by molar-refractivity contribution is -0.129. The molecule has 1 aliphatic heterocycles. The van der Waals surface area contributed by atoms with E-state index in [1.165, 1.54) is 11.8 Å². The van der Waals surface area contributed by atoms with Gasteiger partial charge in [-0.05, 0) is 53.9 Å². The highest BCUT2D eigenvalue weighted by molar-refractivity contribution is 8.00. The number of thioether (sulfide) groups is 1. The maximum Gasteiger partial charge on any atom is 0.335 e. The lowest BCUT2D eigenvalue weighted by Crippen LogP contribution is -2.37. The van der Waals surface area contributed by atoms with Crippen LogP contribution in [0.15, 0.2) is 47.4 Å². The van der Waals surface area contributed by atoms with Crippen molar-refractivity contribution < 1.29 is 19.4 Å². The largest absolute Gasteiger partial charge is 0.497 e. The molecular formula is C19H19NO4S. The number of methoxy groups -OCH3 is 1. The van der Waals surface area contributed by atoms with E-state index in [0.717, 1.165) is 28.2 Å². The fourth-order valence-corrected chi connectivity index (χ4v) is 3.61. The highest BCUT2D eigenvalue weighted by Crippen LogP contribution is 2.24. The van der Waals surface area contributed by atoms with Gasteiger partial charge in [-0.15, -0.1) is 11.8 Å². The van der Waals surface area contributed by atoms with Gasteiger partial charge in [-0.3, -0.25) is 4.79 Å². The fourth-order valence-electron chi connectivity index (χ4n) is 2.81. The molecule has 0 radical (unpaired) electrons. The Morgan fingerprint density at radius 3 is 2.60 bits per heavy atom. The van der Waals surface area contributed by atoms with Crippen LogP contribution in [-0.2, 0) is 17.8 Å². The van der Waals surface area contributed by atoms with Crippen LogP contribution < -0.4 is 4.74 Å². The molecule has 3 rings (SSSR count). The maximum atomic E-state index is 12.5. The van der Waals surface area contributed by atoms with Crippen molar-refractivity contribution in [1.29, 1.82) is 0 Å². The number of rotatable bonds is 5. The highest BCUT2D eigenvalue weighted by atomic mass is 32.2. The first-order valence-electron chi connectivity index (χ1n) is 7.96. The first kappa shape index (κ1) is 17.4. The van der Waals surface area contributed by atoms with Crippen LogP contribution in [0.25, 0.3) is 0 Å². The van der Waals surface area contributed by atoms with Crippen molar-refractivity contribution in [3.63, 3.8) is 0 Å². The van der Waals surface area contributed by atoms with Crippen molar-refractivity contribution in [2.75, 3.05) is 19.4 Å². The average Bonchev–Trinajstić information content (AvgIpc) is 2.65. The van der Waals surface area contributed by atoms with E-state index in [-0.39, 0.29) is 11.5 Å². The number of carbonyl (C=O) groups excluding carboxylic acids is 1. The Kier molecular flexibility index (Phi) is 5.28. The molecule has 0 atom stereocenters. The Bertz CT molecular complexity index is 789. The minimum atomic E-state index is -0.943. The van der Waals surface area contributed by atoms with Gasteiger partial charge in [0.25, 0.3) is 0 Å². The lowest BCUT2D eigenvalue weighted by Gasteiger charge is -2.29. The minimum absolute atomic E-state index is 0.0622. The molecule has 2 aromatic carbocycles. The second kappa shape index (κ2) is 7.61. The van der Waals surface area contributed by atoms with Crippen LogP contribution in [0.3, 0.4) is 0 Å². The number of carboxylic acids is 1. The Morgan fingerprint density at radius 1 is 1.16 bits per heavy atom. The van der Waals surface area contributed by atoms with Gasteiger partial charge in [0, 0.05) is 18.0 Å². The van der Waals surface area contributed by atoms with E-state index in [4.69, 9.17) is 9.84 Å². The molecule has 25 heavy (non-hydrogen) atoms. The molecule has 2 aromatic rings. The van der Waals surface area contributed by atoms with Crippen LogP contribution in [0.1, 0.15) is 21.5 Å². The van der Waals surface area contributed by atoms with E-state index >= 15 is 0 Å². The van der Waals surface area contributed by atoms with E-state index in [1.807, 2.05) is 30.3 Å². The zero-order valence-electron chi connectivity index (χ0n) is 13.9. The number of hydrogen-bond acceptors (Lipinski definition) is 4. The number of hydrogen-bond donors (Lipinski definition) is 1. The Hall–Kier alpha value is -2.47. The first-order valence-corrected chi connectivity index (χ1v) is 8.95. The zero-order valence-corrected chi connectivity index (χ0v) is 14.7. The number of nitrogens with zero attached hydrogens (tertiary/aromatic N) is 1. The van der Waals surface area contributed by atoms with Crippen molar-refractivity contribution in [2.24, 2.45) is 0 Å². The van der Waals surface area contributed by atoms with Crippen LogP contribution in [-0.4, -0.2) is 41.3 Å². The number of carbonyl (C=O) groups is 2. The molecule has 130 valence electrons. The zero-order chi connectivity index (χ0) is 17.8. The van der Waals surface area contributed by atoms with Crippen LogP contribution in [0, 0.1) is 0 Å². The molecule has 1 aliphatic rings. The van der Waals surface area contributed by atoms with Gasteiger partial charge >= 0.3 is 5.97 Å². The molecule has 6 heteroatoms. The van der Waals surface area contributed by atoms with Gasteiger partial charge in [0.2, 0.25) is 5.91 Å². The second-order valence-electron chi connectivity index (χ2n) is 5.82. The minimum Gasteiger partial charge on any atom is -0.497 e. The quantitative estimate of drug-likeness (QED) is 0.833. The van der Waals surface area contributed by atoms with Crippen molar-refractivity contribution in [3.8, 4) is 5.75 Å². The van der Waals surface area contributed by atoms with Crippen LogP contribution in [0.2, 0.25) is 0 Å². The summed E-state index contributed by atoms with van der Waals surface area (Å²) in [6, 6.07) is 12.8. The normalized spacial score (nSPS) is 13.2.